The lowest BCUT2D eigenvalue weighted by molar-refractivity contribution is -0.136. The molecule has 0 aliphatic carbocycles. The standard InChI is InChI=1S/C40H30F2O6/c1-2-37(44)47-23-4-22-46-34-16-8-28(9-17-34)20-24-48-40(45)33-15-13-30-25-32(14-12-31(30)26-33)36-19-18-35(38(41)39(36)42)29-10-6-27(7-11-29)5-3-21-43/h1,3,5-19,21,25-26H,4,20,22-24H2/b5-3+. The number of hydrogen-bond donors (Lipinski definition) is 0. The third-order valence-electron chi connectivity index (χ3n) is 7.51. The molecular weight excluding hydrogens is 614 g/mol. The van der Waals surface area contributed by atoms with Gasteiger partial charge in [-0.15, -0.1) is 6.42 Å². The summed E-state index contributed by atoms with van der Waals surface area (Å²) in [6, 6.07) is 27.5. The summed E-state index contributed by atoms with van der Waals surface area (Å²) in [6.45, 7) is 0.728. The highest BCUT2D eigenvalue weighted by molar-refractivity contribution is 5.96. The molecule has 5 aromatic rings. The molecule has 5 rings (SSSR count). The monoisotopic (exact) mass is 644 g/mol. The Hall–Kier alpha value is -6.07. The number of terminal acetylenes is 1. The summed E-state index contributed by atoms with van der Waals surface area (Å²) in [5, 5.41) is 1.50. The van der Waals surface area contributed by atoms with Gasteiger partial charge in [-0.2, -0.15) is 0 Å². The number of carbonyl (C=O) groups excluding carboxylic acids is 3. The Bertz CT molecular complexity index is 2010. The van der Waals surface area contributed by atoms with Crippen molar-refractivity contribution in [3.05, 3.63) is 131 Å². The molecular formula is C40H30F2O6. The minimum absolute atomic E-state index is 0.121. The topological polar surface area (TPSA) is 78.9 Å². The first-order valence-electron chi connectivity index (χ1n) is 15.1. The fourth-order valence-corrected chi connectivity index (χ4v) is 5.01. The van der Waals surface area contributed by atoms with E-state index in [4.69, 9.17) is 20.6 Å². The van der Waals surface area contributed by atoms with Crippen molar-refractivity contribution in [1.29, 1.82) is 0 Å². The zero-order chi connectivity index (χ0) is 33.9. The molecule has 240 valence electrons. The minimum Gasteiger partial charge on any atom is -0.493 e. The SMILES string of the molecule is C#CC(=O)OCCCOc1ccc(CCOC(=O)c2ccc3cc(-c4ccc(-c5ccc(/C=C/C=O)cc5)c(F)c4F)ccc3c2)cc1. The first-order valence-corrected chi connectivity index (χ1v) is 15.1. The van der Waals surface area contributed by atoms with E-state index in [1.54, 1.807) is 78.9 Å². The quantitative estimate of drug-likeness (QED) is 0.0323. The first-order chi connectivity index (χ1) is 23.4. The van der Waals surface area contributed by atoms with Crippen LogP contribution in [0.2, 0.25) is 0 Å². The van der Waals surface area contributed by atoms with Crippen LogP contribution in [0.5, 0.6) is 5.75 Å². The molecule has 6 nitrogen and oxygen atoms in total. The molecule has 0 atom stereocenters. The fourth-order valence-electron chi connectivity index (χ4n) is 5.01. The number of ether oxygens (including phenoxy) is 3. The molecule has 0 N–H and O–H groups in total. The van der Waals surface area contributed by atoms with Crippen molar-refractivity contribution in [3.8, 4) is 40.3 Å². The van der Waals surface area contributed by atoms with Gasteiger partial charge in [0.25, 0.3) is 0 Å². The maximum absolute atomic E-state index is 15.3. The largest absolute Gasteiger partial charge is 0.493 e. The van der Waals surface area contributed by atoms with E-state index < -0.39 is 23.6 Å². The van der Waals surface area contributed by atoms with Gasteiger partial charge >= 0.3 is 11.9 Å². The number of benzene rings is 5. The van der Waals surface area contributed by atoms with E-state index in [1.807, 2.05) is 30.2 Å². The highest BCUT2D eigenvalue weighted by Crippen LogP contribution is 2.33. The smallest absolute Gasteiger partial charge is 0.384 e. The number of carbonyl (C=O) groups is 3. The van der Waals surface area contributed by atoms with E-state index in [-0.39, 0.29) is 24.3 Å². The maximum atomic E-state index is 15.3. The predicted octanol–water partition coefficient (Wildman–Crippen LogP) is 8.01. The lowest BCUT2D eigenvalue weighted by Crippen LogP contribution is -2.08. The van der Waals surface area contributed by atoms with Crippen LogP contribution in [-0.2, 0) is 25.5 Å². The minimum atomic E-state index is -0.958. The van der Waals surface area contributed by atoms with Gasteiger partial charge in [0.1, 0.15) is 12.0 Å². The summed E-state index contributed by atoms with van der Waals surface area (Å²) >= 11 is 0. The Kier molecular flexibility index (Phi) is 11.1. The van der Waals surface area contributed by atoms with E-state index in [1.165, 1.54) is 6.08 Å². The molecule has 0 saturated heterocycles. The normalized spacial score (nSPS) is 10.9. The Morgan fingerprint density at radius 3 is 2.10 bits per heavy atom. The Balaban J connectivity index is 1.17. The Morgan fingerprint density at radius 2 is 1.40 bits per heavy atom. The van der Waals surface area contributed by atoms with Crippen LogP contribution in [-0.4, -0.2) is 38.0 Å². The van der Waals surface area contributed by atoms with Crippen LogP contribution in [0.4, 0.5) is 8.78 Å². The molecule has 0 fully saturated rings. The lowest BCUT2D eigenvalue weighted by Gasteiger charge is -2.11. The fraction of sp³-hybridized carbons (Fsp3) is 0.125. The summed E-state index contributed by atoms with van der Waals surface area (Å²) in [4.78, 5) is 34.2. The van der Waals surface area contributed by atoms with Crippen LogP contribution >= 0.6 is 0 Å². The van der Waals surface area contributed by atoms with E-state index in [0.29, 0.717) is 48.2 Å². The highest BCUT2D eigenvalue weighted by atomic mass is 19.2. The van der Waals surface area contributed by atoms with E-state index in [0.717, 1.165) is 21.9 Å². The molecule has 0 amide bonds. The summed E-state index contributed by atoms with van der Waals surface area (Å²) < 4.78 is 46.4. The molecule has 0 saturated carbocycles. The predicted molar refractivity (Wildman–Crippen MR) is 180 cm³/mol. The van der Waals surface area contributed by atoms with Gasteiger partial charge in [-0.3, -0.25) is 4.79 Å². The van der Waals surface area contributed by atoms with Gasteiger partial charge < -0.3 is 14.2 Å². The average molecular weight is 645 g/mol. The summed E-state index contributed by atoms with van der Waals surface area (Å²) in [7, 11) is 0. The molecule has 0 aliphatic rings. The van der Waals surface area contributed by atoms with Crippen LogP contribution in [0.25, 0.3) is 39.1 Å². The number of halogens is 2. The molecule has 0 radical (unpaired) electrons. The van der Waals surface area contributed by atoms with Crippen LogP contribution in [0.1, 0.15) is 27.9 Å². The molecule has 8 heteroatoms. The van der Waals surface area contributed by atoms with Crippen LogP contribution in [0, 0.1) is 24.0 Å². The Labute approximate surface area is 276 Å². The maximum Gasteiger partial charge on any atom is 0.384 e. The lowest BCUT2D eigenvalue weighted by atomic mass is 9.96. The first kappa shape index (κ1) is 33.3. The van der Waals surface area contributed by atoms with Crippen molar-refractivity contribution in [2.24, 2.45) is 0 Å². The zero-order valence-corrected chi connectivity index (χ0v) is 25.8. The van der Waals surface area contributed by atoms with Gasteiger partial charge in [0, 0.05) is 29.9 Å². The zero-order valence-electron chi connectivity index (χ0n) is 25.8. The summed E-state index contributed by atoms with van der Waals surface area (Å²) in [5.41, 5.74) is 3.36. The number of aldehydes is 1. The van der Waals surface area contributed by atoms with Gasteiger partial charge in [0.05, 0.1) is 25.4 Å². The van der Waals surface area contributed by atoms with Gasteiger partial charge in [-0.05, 0) is 69.4 Å². The molecule has 0 bridgehead atoms. The van der Waals surface area contributed by atoms with Crippen molar-refractivity contribution in [3.63, 3.8) is 0 Å². The van der Waals surface area contributed by atoms with E-state index in [9.17, 15) is 14.4 Å². The van der Waals surface area contributed by atoms with Crippen molar-refractivity contribution in [2.75, 3.05) is 19.8 Å². The average Bonchev–Trinajstić information content (AvgIpc) is 3.12. The molecule has 0 spiro atoms. The van der Waals surface area contributed by atoms with Gasteiger partial charge in [-0.25, -0.2) is 18.4 Å². The van der Waals surface area contributed by atoms with Crippen LogP contribution in [0.3, 0.4) is 0 Å². The van der Waals surface area contributed by atoms with Crippen molar-refractivity contribution < 1.29 is 37.4 Å². The van der Waals surface area contributed by atoms with Crippen molar-refractivity contribution >= 4 is 35.1 Å². The van der Waals surface area contributed by atoms with Crippen molar-refractivity contribution in [2.45, 2.75) is 12.8 Å². The highest BCUT2D eigenvalue weighted by Gasteiger charge is 2.17. The molecule has 0 unspecified atom stereocenters. The molecule has 48 heavy (non-hydrogen) atoms. The number of esters is 2. The Morgan fingerprint density at radius 1 is 0.729 bits per heavy atom. The summed E-state index contributed by atoms with van der Waals surface area (Å²) in [5.74, 6) is -0.538. The van der Waals surface area contributed by atoms with Gasteiger partial charge in [-0.1, -0.05) is 72.8 Å². The molecule has 5 aromatic carbocycles. The second kappa shape index (κ2) is 16.0. The third-order valence-corrected chi connectivity index (χ3v) is 7.51. The second-order valence-electron chi connectivity index (χ2n) is 10.7. The van der Waals surface area contributed by atoms with Crippen LogP contribution in [0.15, 0.2) is 103 Å². The van der Waals surface area contributed by atoms with E-state index >= 15 is 8.78 Å². The number of rotatable bonds is 13. The molecule has 0 aliphatic heterocycles. The molecule has 0 heterocycles. The third kappa shape index (κ3) is 8.39. The van der Waals surface area contributed by atoms with E-state index in [2.05, 4.69) is 0 Å². The number of fused-ring (bicyclic) bond motifs is 1. The van der Waals surface area contributed by atoms with Gasteiger partial charge in [0.2, 0.25) is 0 Å². The number of allylic oxidation sites excluding steroid dienone is 1. The second-order valence-corrected chi connectivity index (χ2v) is 10.7. The summed E-state index contributed by atoms with van der Waals surface area (Å²) in [6.07, 6.45) is 9.61. The number of hydrogen-bond acceptors (Lipinski definition) is 6. The molecule has 0 aromatic heterocycles. The van der Waals surface area contributed by atoms with Crippen LogP contribution < -0.4 is 4.74 Å². The van der Waals surface area contributed by atoms with Gasteiger partial charge in [0.15, 0.2) is 11.6 Å². The van der Waals surface area contributed by atoms with Crippen molar-refractivity contribution in [1.82, 2.24) is 0 Å².